The maximum atomic E-state index is 13.1. The highest BCUT2D eigenvalue weighted by molar-refractivity contribution is 9.10. The van der Waals surface area contributed by atoms with Gasteiger partial charge in [0.05, 0.1) is 9.86 Å². The van der Waals surface area contributed by atoms with Gasteiger partial charge in [0.1, 0.15) is 30.4 Å². The number of carboxylic acid groups (broad SMARTS) is 1. The van der Waals surface area contributed by atoms with Crippen LogP contribution in [0.5, 0.6) is 0 Å². The van der Waals surface area contributed by atoms with Gasteiger partial charge < -0.3 is 15.0 Å². The van der Waals surface area contributed by atoms with Gasteiger partial charge in [-0.2, -0.15) is 13.2 Å². The fourth-order valence-electron chi connectivity index (χ4n) is 3.19. The molecular formula is C19H18BrF3N4O2. The number of nitrogens with one attached hydrogen (secondary N) is 1. The van der Waals surface area contributed by atoms with E-state index in [1.165, 1.54) is 0 Å². The van der Waals surface area contributed by atoms with Crippen LogP contribution < -0.4 is 5.32 Å². The summed E-state index contributed by atoms with van der Waals surface area (Å²) in [5.41, 5.74) is 1.31. The minimum absolute atomic E-state index is 0.0902. The second-order valence-electron chi connectivity index (χ2n) is 6.46. The number of benzene rings is 1. The van der Waals surface area contributed by atoms with Crippen molar-refractivity contribution >= 4 is 38.8 Å². The van der Waals surface area contributed by atoms with E-state index < -0.39 is 24.7 Å². The van der Waals surface area contributed by atoms with E-state index in [4.69, 9.17) is 0 Å². The van der Waals surface area contributed by atoms with E-state index in [1.54, 1.807) is 31.2 Å². The van der Waals surface area contributed by atoms with Crippen LogP contribution in [0.4, 0.5) is 19.0 Å². The Balaban J connectivity index is 2.04. The van der Waals surface area contributed by atoms with Crippen molar-refractivity contribution in [2.75, 3.05) is 5.32 Å². The predicted octanol–water partition coefficient (Wildman–Crippen LogP) is 4.43. The molecule has 154 valence electrons. The number of alkyl halides is 3. The Morgan fingerprint density at radius 1 is 1.28 bits per heavy atom. The summed E-state index contributed by atoms with van der Waals surface area (Å²) in [7, 11) is 0. The third-order valence-corrected chi connectivity index (χ3v) is 5.30. The van der Waals surface area contributed by atoms with Gasteiger partial charge in [-0.15, -0.1) is 0 Å². The van der Waals surface area contributed by atoms with Crippen LogP contribution in [0.25, 0.3) is 11.0 Å². The zero-order valence-corrected chi connectivity index (χ0v) is 17.0. The number of halogens is 4. The molecule has 2 aromatic heterocycles. The van der Waals surface area contributed by atoms with Crippen LogP contribution in [0.15, 0.2) is 41.1 Å². The molecule has 2 heterocycles. The summed E-state index contributed by atoms with van der Waals surface area (Å²) in [5.74, 6) is -0.928. The third-order valence-electron chi connectivity index (χ3n) is 4.45. The molecule has 0 saturated heterocycles. The Morgan fingerprint density at radius 3 is 2.55 bits per heavy atom. The second-order valence-corrected chi connectivity index (χ2v) is 7.25. The summed E-state index contributed by atoms with van der Waals surface area (Å²) in [6, 6.07) is 8.03. The number of nitrogens with zero attached hydrogens (tertiary/aromatic N) is 3. The van der Waals surface area contributed by atoms with Gasteiger partial charge in [-0.25, -0.2) is 14.8 Å². The molecule has 1 aromatic carbocycles. The molecule has 0 bridgehead atoms. The standard InChI is InChI=1S/C19H18BrF3N4O2/c1-2-13-15(20)14-16(24-10-25-17(14)27(13)9-19(21,22)23)26-12(18(28)29)8-11-6-4-3-5-7-11/h3-7,10,12H,2,8-9H2,1H3,(H,28,29)(H,24,25,26). The minimum Gasteiger partial charge on any atom is -0.480 e. The fourth-order valence-corrected chi connectivity index (χ4v) is 4.05. The van der Waals surface area contributed by atoms with E-state index in [0.717, 1.165) is 16.5 Å². The number of anilines is 1. The summed E-state index contributed by atoms with van der Waals surface area (Å²) in [6.07, 6.45) is -2.78. The highest BCUT2D eigenvalue weighted by Crippen LogP contribution is 2.36. The first kappa shape index (κ1) is 21.1. The zero-order chi connectivity index (χ0) is 21.2. The third kappa shape index (κ3) is 4.69. The van der Waals surface area contributed by atoms with Crippen molar-refractivity contribution in [3.05, 3.63) is 52.4 Å². The van der Waals surface area contributed by atoms with Crippen LogP contribution in [-0.4, -0.2) is 37.8 Å². The minimum atomic E-state index is -4.43. The van der Waals surface area contributed by atoms with Gasteiger partial charge >= 0.3 is 12.1 Å². The fraction of sp³-hybridized carbons (Fsp3) is 0.316. The molecule has 0 radical (unpaired) electrons. The van der Waals surface area contributed by atoms with E-state index in [1.807, 2.05) is 6.07 Å². The zero-order valence-electron chi connectivity index (χ0n) is 15.4. The first-order valence-electron chi connectivity index (χ1n) is 8.82. The maximum absolute atomic E-state index is 13.1. The number of aliphatic carboxylic acids is 1. The smallest absolute Gasteiger partial charge is 0.406 e. The van der Waals surface area contributed by atoms with Crippen LogP contribution in [-0.2, 0) is 24.2 Å². The SMILES string of the molecule is CCc1c(Br)c2c(NC(Cc3ccccc3)C(=O)O)ncnc2n1CC(F)(F)F. The number of carbonyl (C=O) groups is 1. The van der Waals surface area contributed by atoms with Crippen LogP contribution >= 0.6 is 15.9 Å². The molecule has 0 aliphatic rings. The van der Waals surface area contributed by atoms with Crippen molar-refractivity contribution < 1.29 is 23.1 Å². The highest BCUT2D eigenvalue weighted by Gasteiger charge is 2.32. The Morgan fingerprint density at radius 2 is 1.97 bits per heavy atom. The Bertz CT molecular complexity index is 1020. The van der Waals surface area contributed by atoms with Gasteiger partial charge in [-0.05, 0) is 27.9 Å². The lowest BCUT2D eigenvalue weighted by atomic mass is 10.1. The first-order valence-corrected chi connectivity index (χ1v) is 9.62. The molecule has 3 aromatic rings. The van der Waals surface area contributed by atoms with Crippen molar-refractivity contribution in [3.8, 4) is 0 Å². The molecule has 3 rings (SSSR count). The molecule has 0 fully saturated rings. The van der Waals surface area contributed by atoms with Crippen LogP contribution in [0.2, 0.25) is 0 Å². The number of fused-ring (bicyclic) bond motifs is 1. The molecule has 0 aliphatic carbocycles. The molecular weight excluding hydrogens is 453 g/mol. The molecule has 0 spiro atoms. The van der Waals surface area contributed by atoms with E-state index in [-0.39, 0.29) is 17.9 Å². The van der Waals surface area contributed by atoms with Crippen molar-refractivity contribution in [1.82, 2.24) is 14.5 Å². The molecule has 1 atom stereocenters. The molecule has 6 nitrogen and oxygen atoms in total. The molecule has 2 N–H and O–H groups in total. The summed E-state index contributed by atoms with van der Waals surface area (Å²) in [4.78, 5) is 19.9. The molecule has 10 heteroatoms. The number of hydrogen-bond donors (Lipinski definition) is 2. The van der Waals surface area contributed by atoms with Gasteiger partial charge in [0.15, 0.2) is 0 Å². The lowest BCUT2D eigenvalue weighted by Gasteiger charge is -2.16. The molecule has 29 heavy (non-hydrogen) atoms. The lowest BCUT2D eigenvalue weighted by Crippen LogP contribution is -2.32. The van der Waals surface area contributed by atoms with Crippen molar-refractivity contribution in [2.24, 2.45) is 0 Å². The maximum Gasteiger partial charge on any atom is 0.406 e. The van der Waals surface area contributed by atoms with Gasteiger partial charge in [-0.1, -0.05) is 37.3 Å². The van der Waals surface area contributed by atoms with Crippen LogP contribution in [0.1, 0.15) is 18.2 Å². The first-order chi connectivity index (χ1) is 13.7. The monoisotopic (exact) mass is 470 g/mol. The van der Waals surface area contributed by atoms with Crippen molar-refractivity contribution in [3.63, 3.8) is 0 Å². The number of aromatic nitrogens is 3. The van der Waals surface area contributed by atoms with E-state index in [0.29, 0.717) is 22.0 Å². The largest absolute Gasteiger partial charge is 0.480 e. The Labute approximate surface area is 172 Å². The van der Waals surface area contributed by atoms with Crippen LogP contribution in [0, 0.1) is 0 Å². The van der Waals surface area contributed by atoms with Gasteiger partial charge in [0.2, 0.25) is 0 Å². The summed E-state index contributed by atoms with van der Waals surface area (Å²) in [6.45, 7) is 0.545. The van der Waals surface area contributed by atoms with Crippen molar-refractivity contribution in [2.45, 2.75) is 38.5 Å². The van der Waals surface area contributed by atoms with E-state index >= 15 is 0 Å². The topological polar surface area (TPSA) is 80.0 Å². The summed E-state index contributed by atoms with van der Waals surface area (Å²) in [5, 5.41) is 12.8. The predicted molar refractivity (Wildman–Crippen MR) is 106 cm³/mol. The molecule has 0 aliphatic heterocycles. The van der Waals surface area contributed by atoms with Gasteiger partial charge in [-0.3, -0.25) is 0 Å². The summed E-state index contributed by atoms with van der Waals surface area (Å²) >= 11 is 3.36. The summed E-state index contributed by atoms with van der Waals surface area (Å²) < 4.78 is 40.7. The number of hydrogen-bond acceptors (Lipinski definition) is 4. The average Bonchev–Trinajstić information content (AvgIpc) is 2.92. The second kappa shape index (κ2) is 8.40. The van der Waals surface area contributed by atoms with Gasteiger partial charge in [0.25, 0.3) is 0 Å². The van der Waals surface area contributed by atoms with Crippen molar-refractivity contribution in [1.29, 1.82) is 0 Å². The normalized spacial score (nSPS) is 12.9. The van der Waals surface area contributed by atoms with Crippen LogP contribution in [0.3, 0.4) is 0 Å². The number of rotatable bonds is 7. The average molecular weight is 471 g/mol. The molecule has 1 unspecified atom stereocenters. The Kier molecular flexibility index (Phi) is 6.11. The van der Waals surface area contributed by atoms with Gasteiger partial charge in [0, 0.05) is 12.1 Å². The molecule has 0 saturated carbocycles. The lowest BCUT2D eigenvalue weighted by molar-refractivity contribution is -0.140. The quantitative estimate of drug-likeness (QED) is 0.533. The highest BCUT2D eigenvalue weighted by atomic mass is 79.9. The molecule has 0 amide bonds. The van der Waals surface area contributed by atoms with E-state index in [2.05, 4.69) is 31.2 Å². The Hall–Kier alpha value is -2.62. The van der Waals surface area contributed by atoms with E-state index in [9.17, 15) is 23.1 Å². The number of carboxylic acids is 1.